The number of carbonyl (C=O) groups excluding carboxylic acids is 1. The van der Waals surface area contributed by atoms with Crippen LogP contribution in [0, 0.1) is 0 Å². The summed E-state index contributed by atoms with van der Waals surface area (Å²) in [4.78, 5) is 21.4. The number of ether oxygens (including phenoxy) is 2. The molecule has 7 nitrogen and oxygen atoms in total. The van der Waals surface area contributed by atoms with Crippen molar-refractivity contribution in [1.82, 2.24) is 9.97 Å². The van der Waals surface area contributed by atoms with Gasteiger partial charge in [-0.2, -0.15) is 0 Å². The highest BCUT2D eigenvalue weighted by molar-refractivity contribution is 5.85. The minimum absolute atomic E-state index is 0.0116. The van der Waals surface area contributed by atoms with Crippen LogP contribution in [0.3, 0.4) is 0 Å². The van der Waals surface area contributed by atoms with E-state index in [4.69, 9.17) is 4.74 Å². The van der Waals surface area contributed by atoms with Crippen molar-refractivity contribution in [1.29, 1.82) is 0 Å². The van der Waals surface area contributed by atoms with Crippen molar-refractivity contribution in [2.24, 2.45) is 0 Å². The lowest BCUT2D eigenvalue weighted by molar-refractivity contribution is -0.0423. The van der Waals surface area contributed by atoms with Crippen molar-refractivity contribution in [2.45, 2.75) is 19.1 Å². The normalized spacial score (nSPS) is 23.2. The van der Waals surface area contributed by atoms with Crippen LogP contribution in [0.5, 0.6) is 0 Å². The standard InChI is InChI=1S/C12H17N3O4/c1-8-5-15(6-9(7-16)19-8)10-3-4-13-11(14-10)12(17)18-2/h3-4,8-9,16H,5-7H2,1-2H3. The second kappa shape index (κ2) is 5.94. The molecule has 1 N–H and O–H groups in total. The Morgan fingerprint density at radius 1 is 1.63 bits per heavy atom. The van der Waals surface area contributed by atoms with Crippen LogP contribution in [0.25, 0.3) is 0 Å². The van der Waals surface area contributed by atoms with Crippen LogP contribution in [0.15, 0.2) is 12.3 Å². The molecule has 0 saturated carbocycles. The Balaban J connectivity index is 2.18. The molecule has 0 aliphatic carbocycles. The summed E-state index contributed by atoms with van der Waals surface area (Å²) in [6.07, 6.45) is 1.26. The van der Waals surface area contributed by atoms with Gasteiger partial charge in [0.25, 0.3) is 0 Å². The van der Waals surface area contributed by atoms with Gasteiger partial charge in [0.1, 0.15) is 5.82 Å². The van der Waals surface area contributed by atoms with E-state index in [0.717, 1.165) is 0 Å². The third kappa shape index (κ3) is 3.18. The number of aromatic nitrogens is 2. The van der Waals surface area contributed by atoms with Crippen molar-refractivity contribution in [3.8, 4) is 0 Å². The van der Waals surface area contributed by atoms with E-state index in [1.54, 1.807) is 6.07 Å². The highest BCUT2D eigenvalue weighted by atomic mass is 16.5. The van der Waals surface area contributed by atoms with Gasteiger partial charge in [0.15, 0.2) is 0 Å². The van der Waals surface area contributed by atoms with E-state index in [1.807, 2.05) is 11.8 Å². The molecule has 19 heavy (non-hydrogen) atoms. The highest BCUT2D eigenvalue weighted by Gasteiger charge is 2.26. The van der Waals surface area contributed by atoms with Gasteiger partial charge >= 0.3 is 5.97 Å². The zero-order valence-electron chi connectivity index (χ0n) is 10.9. The average Bonchev–Trinajstić information content (AvgIpc) is 2.45. The maximum Gasteiger partial charge on any atom is 0.376 e. The van der Waals surface area contributed by atoms with Gasteiger partial charge in [0.05, 0.1) is 25.9 Å². The Labute approximate surface area is 111 Å². The number of hydrogen-bond donors (Lipinski definition) is 1. The molecule has 1 aliphatic rings. The fourth-order valence-electron chi connectivity index (χ4n) is 2.05. The van der Waals surface area contributed by atoms with Crippen LogP contribution in [-0.2, 0) is 9.47 Å². The van der Waals surface area contributed by atoms with E-state index in [9.17, 15) is 9.90 Å². The molecule has 1 fully saturated rings. The van der Waals surface area contributed by atoms with Crippen LogP contribution in [0.1, 0.15) is 17.5 Å². The number of aliphatic hydroxyl groups excluding tert-OH is 1. The third-order valence-electron chi connectivity index (χ3n) is 2.86. The van der Waals surface area contributed by atoms with Crippen molar-refractivity contribution in [3.05, 3.63) is 18.1 Å². The number of morpholine rings is 1. The largest absolute Gasteiger partial charge is 0.463 e. The van der Waals surface area contributed by atoms with Crippen LogP contribution < -0.4 is 4.90 Å². The number of nitrogens with zero attached hydrogens (tertiary/aromatic N) is 3. The molecule has 0 bridgehead atoms. The molecular formula is C12H17N3O4. The maximum absolute atomic E-state index is 11.4. The predicted octanol–water partition coefficient (Wildman–Crippen LogP) is -0.151. The van der Waals surface area contributed by atoms with Crippen molar-refractivity contribution >= 4 is 11.8 Å². The first-order valence-electron chi connectivity index (χ1n) is 6.06. The molecule has 7 heteroatoms. The molecule has 1 aliphatic heterocycles. The minimum atomic E-state index is -0.568. The summed E-state index contributed by atoms with van der Waals surface area (Å²) in [7, 11) is 1.29. The van der Waals surface area contributed by atoms with Crippen LogP contribution in [0.4, 0.5) is 5.82 Å². The summed E-state index contributed by atoms with van der Waals surface area (Å²) < 4.78 is 10.2. The van der Waals surface area contributed by atoms with Crippen molar-refractivity contribution in [3.63, 3.8) is 0 Å². The summed E-state index contributed by atoms with van der Waals surface area (Å²) in [5, 5.41) is 9.20. The molecule has 0 spiro atoms. The van der Waals surface area contributed by atoms with Crippen molar-refractivity contribution < 1.29 is 19.4 Å². The summed E-state index contributed by atoms with van der Waals surface area (Å²) in [5.41, 5.74) is 0. The smallest absolute Gasteiger partial charge is 0.376 e. The van der Waals surface area contributed by atoms with E-state index in [1.165, 1.54) is 13.3 Å². The molecular weight excluding hydrogens is 250 g/mol. The number of hydrogen-bond acceptors (Lipinski definition) is 7. The van der Waals surface area contributed by atoms with Gasteiger partial charge in [-0.15, -0.1) is 0 Å². The Kier molecular flexibility index (Phi) is 4.28. The topological polar surface area (TPSA) is 84.8 Å². The zero-order valence-corrected chi connectivity index (χ0v) is 10.9. The number of anilines is 1. The van der Waals surface area contributed by atoms with Gasteiger partial charge in [-0.1, -0.05) is 0 Å². The van der Waals surface area contributed by atoms with E-state index in [2.05, 4.69) is 14.7 Å². The van der Waals surface area contributed by atoms with Crippen LogP contribution in [-0.4, -0.2) is 60.1 Å². The lowest BCUT2D eigenvalue weighted by atomic mass is 10.2. The summed E-state index contributed by atoms with van der Waals surface area (Å²) >= 11 is 0. The minimum Gasteiger partial charge on any atom is -0.463 e. The monoisotopic (exact) mass is 267 g/mol. The fourth-order valence-corrected chi connectivity index (χ4v) is 2.05. The van der Waals surface area contributed by atoms with Gasteiger partial charge in [0.2, 0.25) is 5.82 Å². The highest BCUT2D eigenvalue weighted by Crippen LogP contribution is 2.18. The Bertz CT molecular complexity index is 454. The first-order valence-corrected chi connectivity index (χ1v) is 6.06. The van der Waals surface area contributed by atoms with Gasteiger partial charge in [-0.25, -0.2) is 14.8 Å². The molecule has 0 amide bonds. The molecule has 0 aromatic carbocycles. The van der Waals surface area contributed by atoms with E-state index in [0.29, 0.717) is 18.9 Å². The molecule has 2 unspecified atom stereocenters. The molecule has 2 rings (SSSR count). The SMILES string of the molecule is COC(=O)c1nccc(N2CC(C)OC(CO)C2)n1. The molecule has 104 valence electrons. The van der Waals surface area contributed by atoms with E-state index in [-0.39, 0.29) is 24.6 Å². The Morgan fingerprint density at radius 3 is 3.11 bits per heavy atom. The van der Waals surface area contributed by atoms with Gasteiger partial charge in [0, 0.05) is 19.3 Å². The average molecular weight is 267 g/mol. The quantitative estimate of drug-likeness (QED) is 0.762. The predicted molar refractivity (Wildman–Crippen MR) is 67.0 cm³/mol. The molecule has 1 aromatic heterocycles. The summed E-state index contributed by atoms with van der Waals surface area (Å²) in [6, 6.07) is 1.72. The number of esters is 1. The van der Waals surface area contributed by atoms with Crippen LogP contribution >= 0.6 is 0 Å². The van der Waals surface area contributed by atoms with Crippen LogP contribution in [0.2, 0.25) is 0 Å². The molecule has 1 saturated heterocycles. The lowest BCUT2D eigenvalue weighted by Gasteiger charge is -2.36. The Hall–Kier alpha value is -1.73. The van der Waals surface area contributed by atoms with Gasteiger partial charge in [-0.05, 0) is 13.0 Å². The van der Waals surface area contributed by atoms with E-state index < -0.39 is 5.97 Å². The number of aliphatic hydroxyl groups is 1. The first kappa shape index (κ1) is 13.7. The molecule has 2 atom stereocenters. The summed E-state index contributed by atoms with van der Waals surface area (Å²) in [6.45, 7) is 3.06. The number of methoxy groups -OCH3 is 1. The number of carbonyl (C=O) groups is 1. The number of rotatable bonds is 3. The van der Waals surface area contributed by atoms with E-state index >= 15 is 0 Å². The molecule has 0 radical (unpaired) electrons. The zero-order chi connectivity index (χ0) is 13.8. The third-order valence-corrected chi connectivity index (χ3v) is 2.86. The summed E-state index contributed by atoms with van der Waals surface area (Å²) in [5.74, 6) is 0.0885. The lowest BCUT2D eigenvalue weighted by Crippen LogP contribution is -2.48. The van der Waals surface area contributed by atoms with Gasteiger partial charge < -0.3 is 19.5 Å². The van der Waals surface area contributed by atoms with Gasteiger partial charge in [-0.3, -0.25) is 0 Å². The second-order valence-electron chi connectivity index (χ2n) is 4.39. The first-order chi connectivity index (χ1) is 9.13. The molecule has 1 aromatic rings. The maximum atomic E-state index is 11.4. The second-order valence-corrected chi connectivity index (χ2v) is 4.39. The molecule has 2 heterocycles. The van der Waals surface area contributed by atoms with Crippen molar-refractivity contribution in [2.75, 3.05) is 31.7 Å². The Morgan fingerprint density at radius 2 is 2.42 bits per heavy atom. The fraction of sp³-hybridized carbons (Fsp3) is 0.583.